The third-order valence-corrected chi connectivity index (χ3v) is 4.50. The maximum absolute atomic E-state index is 12.6. The van der Waals surface area contributed by atoms with E-state index in [1.807, 2.05) is 35.2 Å². The van der Waals surface area contributed by atoms with Crippen molar-refractivity contribution < 1.29 is 14.7 Å². The highest BCUT2D eigenvalue weighted by atomic mass is 35.5. The summed E-state index contributed by atoms with van der Waals surface area (Å²) in [6, 6.07) is 8.03. The van der Waals surface area contributed by atoms with Crippen molar-refractivity contribution in [2.75, 3.05) is 18.0 Å². The first-order chi connectivity index (χ1) is 12.5. The Morgan fingerprint density at radius 1 is 1.23 bits per heavy atom. The minimum Gasteiger partial charge on any atom is -0.480 e. The van der Waals surface area contributed by atoms with Crippen molar-refractivity contribution in [1.29, 1.82) is 0 Å². The topological polar surface area (TPSA) is 95.4 Å². The molecule has 26 heavy (non-hydrogen) atoms. The van der Waals surface area contributed by atoms with Gasteiger partial charge in [-0.2, -0.15) is 0 Å². The summed E-state index contributed by atoms with van der Waals surface area (Å²) in [5, 5.41) is 12.0. The fourth-order valence-corrected chi connectivity index (χ4v) is 3.04. The number of aromatic nitrogens is 2. The third kappa shape index (κ3) is 4.29. The monoisotopic (exact) mass is 374 g/mol. The maximum atomic E-state index is 12.6. The summed E-state index contributed by atoms with van der Waals surface area (Å²) in [4.78, 5) is 34.5. The number of carboxylic acid groups (broad SMARTS) is 1. The molecule has 0 bridgehead atoms. The lowest BCUT2D eigenvalue weighted by Gasteiger charge is -2.17. The van der Waals surface area contributed by atoms with E-state index in [2.05, 4.69) is 15.3 Å². The molecule has 1 fully saturated rings. The van der Waals surface area contributed by atoms with Crippen molar-refractivity contribution in [3.05, 3.63) is 52.8 Å². The van der Waals surface area contributed by atoms with Crippen molar-refractivity contribution in [2.24, 2.45) is 0 Å². The molecule has 8 heteroatoms. The van der Waals surface area contributed by atoms with Crippen LogP contribution in [0.4, 0.5) is 5.95 Å². The summed E-state index contributed by atoms with van der Waals surface area (Å²) in [5.41, 5.74) is 0.801. The zero-order valence-electron chi connectivity index (χ0n) is 14.1. The van der Waals surface area contributed by atoms with Gasteiger partial charge in [-0.05, 0) is 18.4 Å². The van der Waals surface area contributed by atoms with Gasteiger partial charge in [0.1, 0.15) is 6.04 Å². The van der Waals surface area contributed by atoms with Gasteiger partial charge in [-0.1, -0.05) is 41.9 Å². The molecule has 3 rings (SSSR count). The van der Waals surface area contributed by atoms with E-state index < -0.39 is 17.9 Å². The molecule has 2 heterocycles. The molecule has 0 aliphatic carbocycles. The number of carbonyl (C=O) groups is 2. The van der Waals surface area contributed by atoms with E-state index in [0.29, 0.717) is 5.95 Å². The number of carbonyl (C=O) groups excluding carboxylic acids is 1. The fourth-order valence-electron chi connectivity index (χ4n) is 2.86. The van der Waals surface area contributed by atoms with Crippen LogP contribution in [0.5, 0.6) is 0 Å². The molecule has 7 nitrogen and oxygen atoms in total. The van der Waals surface area contributed by atoms with Crippen LogP contribution in [0.1, 0.15) is 28.9 Å². The molecule has 1 aliphatic heterocycles. The minimum absolute atomic E-state index is 0.0112. The highest BCUT2D eigenvalue weighted by Crippen LogP contribution is 2.20. The molecular weight excluding hydrogens is 356 g/mol. The molecule has 0 unspecified atom stereocenters. The molecule has 136 valence electrons. The summed E-state index contributed by atoms with van der Waals surface area (Å²) in [7, 11) is 0. The second kappa shape index (κ2) is 8.14. The SMILES string of the molecule is O=C(N[C@@H](Cc1ccccc1)C(=O)O)c1nc(N2CCCC2)ncc1Cl. The molecule has 2 aromatic rings. The zero-order valence-corrected chi connectivity index (χ0v) is 14.8. The first-order valence-corrected chi connectivity index (χ1v) is 8.77. The van der Waals surface area contributed by atoms with E-state index in [9.17, 15) is 14.7 Å². The standard InChI is InChI=1S/C18H19ClN4O3/c19-13-11-20-18(23-8-4-5-9-23)22-15(13)16(24)21-14(17(25)26)10-12-6-2-1-3-7-12/h1-3,6-7,11,14H,4-5,8-10H2,(H,21,24)(H,25,26)/t14-/m0/s1. The van der Waals surface area contributed by atoms with Gasteiger partial charge in [-0.25, -0.2) is 14.8 Å². The Kier molecular flexibility index (Phi) is 5.68. The van der Waals surface area contributed by atoms with E-state index in [1.165, 1.54) is 6.20 Å². The van der Waals surface area contributed by atoms with E-state index in [4.69, 9.17) is 11.6 Å². The predicted molar refractivity (Wildman–Crippen MR) is 97.5 cm³/mol. The van der Waals surface area contributed by atoms with Crippen LogP contribution in [0, 0.1) is 0 Å². The number of nitrogens with zero attached hydrogens (tertiary/aromatic N) is 3. The summed E-state index contributed by atoms with van der Waals surface area (Å²) in [6.07, 6.45) is 3.64. The van der Waals surface area contributed by atoms with Crippen LogP contribution in [-0.2, 0) is 11.2 Å². The number of amides is 1. The second-order valence-corrected chi connectivity index (χ2v) is 6.52. The summed E-state index contributed by atoms with van der Waals surface area (Å²) < 4.78 is 0. The number of rotatable bonds is 6. The normalized spacial score (nSPS) is 14.9. The van der Waals surface area contributed by atoms with Gasteiger partial charge in [0.05, 0.1) is 11.2 Å². The van der Waals surface area contributed by atoms with Crippen LogP contribution in [0.3, 0.4) is 0 Å². The predicted octanol–water partition coefficient (Wildman–Crippen LogP) is 2.16. The summed E-state index contributed by atoms with van der Waals surface area (Å²) in [5.74, 6) is -1.31. The van der Waals surface area contributed by atoms with Crippen molar-refractivity contribution in [1.82, 2.24) is 15.3 Å². The molecular formula is C18H19ClN4O3. The van der Waals surface area contributed by atoms with Gasteiger partial charge in [0, 0.05) is 19.5 Å². The lowest BCUT2D eigenvalue weighted by molar-refractivity contribution is -0.139. The summed E-state index contributed by atoms with van der Waals surface area (Å²) >= 11 is 6.07. The fraction of sp³-hybridized carbons (Fsp3) is 0.333. The molecule has 0 saturated carbocycles. The molecule has 1 aromatic heterocycles. The average molecular weight is 375 g/mol. The van der Waals surface area contributed by atoms with Crippen molar-refractivity contribution in [3.63, 3.8) is 0 Å². The van der Waals surface area contributed by atoms with Crippen LogP contribution in [0.25, 0.3) is 0 Å². The lowest BCUT2D eigenvalue weighted by atomic mass is 10.1. The maximum Gasteiger partial charge on any atom is 0.326 e. The van der Waals surface area contributed by atoms with E-state index in [1.54, 1.807) is 0 Å². The lowest BCUT2D eigenvalue weighted by Crippen LogP contribution is -2.42. The Morgan fingerprint density at radius 2 is 1.92 bits per heavy atom. The van der Waals surface area contributed by atoms with E-state index >= 15 is 0 Å². The highest BCUT2D eigenvalue weighted by molar-refractivity contribution is 6.33. The summed E-state index contributed by atoms with van der Waals surface area (Å²) in [6.45, 7) is 1.66. The Bertz CT molecular complexity index is 794. The first kappa shape index (κ1) is 18.1. The molecule has 2 N–H and O–H groups in total. The van der Waals surface area contributed by atoms with Gasteiger partial charge >= 0.3 is 5.97 Å². The smallest absolute Gasteiger partial charge is 0.326 e. The second-order valence-electron chi connectivity index (χ2n) is 6.11. The number of halogens is 1. The molecule has 1 saturated heterocycles. The van der Waals surface area contributed by atoms with E-state index in [0.717, 1.165) is 31.5 Å². The Morgan fingerprint density at radius 3 is 2.58 bits per heavy atom. The van der Waals surface area contributed by atoms with Gasteiger partial charge in [-0.15, -0.1) is 0 Å². The van der Waals surface area contributed by atoms with Crippen LogP contribution in [0.15, 0.2) is 36.5 Å². The van der Waals surface area contributed by atoms with Gasteiger partial charge in [0.15, 0.2) is 5.69 Å². The van der Waals surface area contributed by atoms with Crippen LogP contribution >= 0.6 is 11.6 Å². The van der Waals surface area contributed by atoms with Gasteiger partial charge < -0.3 is 15.3 Å². The van der Waals surface area contributed by atoms with Gasteiger partial charge in [0.25, 0.3) is 5.91 Å². The molecule has 1 atom stereocenters. The van der Waals surface area contributed by atoms with Crippen molar-refractivity contribution in [3.8, 4) is 0 Å². The Balaban J connectivity index is 1.76. The number of anilines is 1. The molecule has 1 aliphatic rings. The molecule has 1 amide bonds. The number of nitrogens with one attached hydrogen (secondary N) is 1. The van der Waals surface area contributed by atoms with Crippen LogP contribution in [0.2, 0.25) is 5.02 Å². The Labute approximate surface area is 156 Å². The number of carboxylic acids is 1. The molecule has 1 aromatic carbocycles. The van der Waals surface area contributed by atoms with Crippen LogP contribution < -0.4 is 10.2 Å². The number of hydrogen-bond donors (Lipinski definition) is 2. The van der Waals surface area contributed by atoms with E-state index in [-0.39, 0.29) is 17.1 Å². The number of hydrogen-bond acceptors (Lipinski definition) is 5. The number of aliphatic carboxylic acids is 1. The largest absolute Gasteiger partial charge is 0.480 e. The Hall–Kier alpha value is -2.67. The zero-order chi connectivity index (χ0) is 18.5. The van der Waals surface area contributed by atoms with Gasteiger partial charge in [0.2, 0.25) is 5.95 Å². The average Bonchev–Trinajstić information content (AvgIpc) is 3.17. The quantitative estimate of drug-likeness (QED) is 0.804. The van der Waals surface area contributed by atoms with Crippen molar-refractivity contribution >= 4 is 29.4 Å². The minimum atomic E-state index is -1.12. The molecule has 0 spiro atoms. The molecule has 0 radical (unpaired) electrons. The first-order valence-electron chi connectivity index (χ1n) is 8.39. The van der Waals surface area contributed by atoms with Crippen LogP contribution in [-0.4, -0.2) is 46.1 Å². The van der Waals surface area contributed by atoms with Crippen molar-refractivity contribution in [2.45, 2.75) is 25.3 Å². The third-order valence-electron chi connectivity index (χ3n) is 4.22. The van der Waals surface area contributed by atoms with Gasteiger partial charge in [-0.3, -0.25) is 4.79 Å². The number of benzene rings is 1. The highest BCUT2D eigenvalue weighted by Gasteiger charge is 2.25.